The number of anilines is 1. The molecule has 23 heavy (non-hydrogen) atoms. The van der Waals surface area contributed by atoms with E-state index in [-0.39, 0.29) is 24.1 Å². The molecule has 1 aromatic carbocycles. The minimum Gasteiger partial charge on any atom is -0.481 e. The maximum absolute atomic E-state index is 12.7. The molecule has 0 aromatic heterocycles. The Morgan fingerprint density at radius 3 is 2.30 bits per heavy atom. The van der Waals surface area contributed by atoms with Gasteiger partial charge in [0.05, 0.1) is 5.56 Å². The van der Waals surface area contributed by atoms with Crippen LogP contribution in [0.4, 0.5) is 23.7 Å². The van der Waals surface area contributed by atoms with Crippen molar-refractivity contribution in [3.8, 4) is 0 Å². The Morgan fingerprint density at radius 1 is 1.22 bits per heavy atom. The van der Waals surface area contributed by atoms with Crippen LogP contribution >= 0.6 is 0 Å². The van der Waals surface area contributed by atoms with Crippen LogP contribution in [0.5, 0.6) is 0 Å². The second-order valence-corrected chi connectivity index (χ2v) is 5.88. The van der Waals surface area contributed by atoms with Gasteiger partial charge in [0, 0.05) is 17.6 Å². The average Bonchev–Trinajstić information content (AvgIpc) is 2.34. The molecule has 0 atom stereocenters. The van der Waals surface area contributed by atoms with Gasteiger partial charge < -0.3 is 15.7 Å². The fraction of sp³-hybridized carbons (Fsp3) is 0.467. The summed E-state index contributed by atoms with van der Waals surface area (Å²) in [4.78, 5) is 22.4. The number of hydrogen-bond donors (Lipinski definition) is 3. The van der Waals surface area contributed by atoms with E-state index in [1.165, 1.54) is 19.1 Å². The quantitative estimate of drug-likeness (QED) is 0.768. The Morgan fingerprint density at radius 2 is 1.83 bits per heavy atom. The van der Waals surface area contributed by atoms with Crippen molar-refractivity contribution in [1.82, 2.24) is 5.32 Å². The Hall–Kier alpha value is -2.25. The van der Waals surface area contributed by atoms with Gasteiger partial charge in [-0.1, -0.05) is 0 Å². The molecule has 2 amide bonds. The van der Waals surface area contributed by atoms with Crippen molar-refractivity contribution < 1.29 is 27.9 Å². The summed E-state index contributed by atoms with van der Waals surface area (Å²) in [5.74, 6) is -0.973. The number of urea groups is 1. The summed E-state index contributed by atoms with van der Waals surface area (Å²) in [7, 11) is 0. The normalized spacial score (nSPS) is 11.9. The molecule has 0 aliphatic carbocycles. The number of carboxylic acid groups (broad SMARTS) is 1. The van der Waals surface area contributed by atoms with E-state index < -0.39 is 29.3 Å². The minimum absolute atomic E-state index is 0.000405. The number of carboxylic acids is 1. The number of carbonyl (C=O) groups is 2. The van der Waals surface area contributed by atoms with E-state index in [9.17, 15) is 22.8 Å². The minimum atomic E-state index is -4.44. The van der Waals surface area contributed by atoms with Crippen LogP contribution in [0.1, 0.15) is 37.8 Å². The molecule has 0 heterocycles. The van der Waals surface area contributed by atoms with Crippen LogP contribution in [-0.4, -0.2) is 22.6 Å². The molecule has 0 unspecified atom stereocenters. The number of amides is 2. The van der Waals surface area contributed by atoms with E-state index in [0.29, 0.717) is 0 Å². The molecular weight excluding hydrogens is 313 g/mol. The summed E-state index contributed by atoms with van der Waals surface area (Å²) in [6.07, 6.45) is -4.32. The van der Waals surface area contributed by atoms with Gasteiger partial charge in [-0.25, -0.2) is 4.79 Å². The highest BCUT2D eigenvalue weighted by Crippen LogP contribution is 2.32. The number of alkyl halides is 3. The number of rotatable bonds is 5. The molecular formula is C15H19F3N2O3. The SMILES string of the molecule is Cc1cc(NC(=O)NC(C)(C)CCC(=O)O)ccc1C(F)(F)F. The first-order valence-corrected chi connectivity index (χ1v) is 6.89. The van der Waals surface area contributed by atoms with E-state index in [2.05, 4.69) is 10.6 Å². The lowest BCUT2D eigenvalue weighted by Gasteiger charge is -2.25. The molecule has 1 aromatic rings. The summed E-state index contributed by atoms with van der Waals surface area (Å²) in [6.45, 7) is 4.63. The Bertz CT molecular complexity index is 598. The van der Waals surface area contributed by atoms with Crippen molar-refractivity contribution in [3.63, 3.8) is 0 Å². The molecule has 3 N–H and O–H groups in total. The molecule has 0 radical (unpaired) electrons. The third-order valence-corrected chi connectivity index (χ3v) is 3.21. The van der Waals surface area contributed by atoms with Crippen molar-refractivity contribution in [2.75, 3.05) is 5.32 Å². The predicted octanol–water partition coefficient (Wildman–Crippen LogP) is 3.78. The monoisotopic (exact) mass is 332 g/mol. The lowest BCUT2D eigenvalue weighted by molar-refractivity contribution is -0.138. The summed E-state index contributed by atoms with van der Waals surface area (Å²) in [5.41, 5.74) is -1.30. The van der Waals surface area contributed by atoms with E-state index in [4.69, 9.17) is 5.11 Å². The van der Waals surface area contributed by atoms with Crippen LogP contribution in [-0.2, 0) is 11.0 Å². The maximum atomic E-state index is 12.7. The van der Waals surface area contributed by atoms with Crippen molar-refractivity contribution >= 4 is 17.7 Å². The Balaban J connectivity index is 2.71. The molecule has 0 saturated carbocycles. The third-order valence-electron chi connectivity index (χ3n) is 3.21. The molecule has 8 heteroatoms. The van der Waals surface area contributed by atoms with E-state index in [1.54, 1.807) is 13.8 Å². The highest BCUT2D eigenvalue weighted by Gasteiger charge is 2.32. The average molecular weight is 332 g/mol. The van der Waals surface area contributed by atoms with Gasteiger partial charge in [0.1, 0.15) is 0 Å². The molecule has 0 bridgehead atoms. The molecule has 0 aliphatic heterocycles. The van der Waals surface area contributed by atoms with Gasteiger partial charge >= 0.3 is 18.2 Å². The Labute approximate surface area is 131 Å². The molecule has 5 nitrogen and oxygen atoms in total. The van der Waals surface area contributed by atoms with E-state index in [1.807, 2.05) is 0 Å². The zero-order valence-corrected chi connectivity index (χ0v) is 13.0. The second-order valence-electron chi connectivity index (χ2n) is 5.88. The van der Waals surface area contributed by atoms with Gasteiger partial charge in [-0.3, -0.25) is 4.79 Å². The Kier molecular flexibility index (Phi) is 5.63. The third kappa shape index (κ3) is 6.17. The van der Waals surface area contributed by atoms with Crippen LogP contribution in [0.15, 0.2) is 18.2 Å². The van der Waals surface area contributed by atoms with Gasteiger partial charge in [0.15, 0.2) is 0 Å². The maximum Gasteiger partial charge on any atom is 0.416 e. The van der Waals surface area contributed by atoms with Gasteiger partial charge in [0.25, 0.3) is 0 Å². The molecule has 0 fully saturated rings. The van der Waals surface area contributed by atoms with E-state index >= 15 is 0 Å². The number of carbonyl (C=O) groups excluding carboxylic acids is 1. The number of nitrogens with one attached hydrogen (secondary N) is 2. The fourth-order valence-corrected chi connectivity index (χ4v) is 2.01. The van der Waals surface area contributed by atoms with Crippen molar-refractivity contribution in [2.45, 2.75) is 45.3 Å². The zero-order valence-electron chi connectivity index (χ0n) is 13.0. The topological polar surface area (TPSA) is 78.4 Å². The number of halogens is 3. The first-order valence-electron chi connectivity index (χ1n) is 6.89. The number of benzene rings is 1. The molecule has 0 saturated heterocycles. The first kappa shape index (κ1) is 18.8. The van der Waals surface area contributed by atoms with Crippen LogP contribution in [0, 0.1) is 6.92 Å². The van der Waals surface area contributed by atoms with Crippen molar-refractivity contribution in [1.29, 1.82) is 0 Å². The van der Waals surface area contributed by atoms with Gasteiger partial charge in [-0.2, -0.15) is 13.2 Å². The van der Waals surface area contributed by atoms with Crippen molar-refractivity contribution in [3.05, 3.63) is 29.3 Å². The molecule has 0 spiro atoms. The van der Waals surface area contributed by atoms with Gasteiger partial charge in [0.2, 0.25) is 0 Å². The van der Waals surface area contributed by atoms with Crippen LogP contribution < -0.4 is 10.6 Å². The largest absolute Gasteiger partial charge is 0.481 e. The van der Waals surface area contributed by atoms with Gasteiger partial charge in [-0.05, 0) is 51.0 Å². The van der Waals surface area contributed by atoms with Crippen LogP contribution in [0.2, 0.25) is 0 Å². The smallest absolute Gasteiger partial charge is 0.416 e. The summed E-state index contributed by atoms with van der Waals surface area (Å²) >= 11 is 0. The number of hydrogen-bond acceptors (Lipinski definition) is 2. The molecule has 128 valence electrons. The zero-order chi connectivity index (χ0) is 17.8. The summed E-state index contributed by atoms with van der Waals surface area (Å²) in [6, 6.07) is 2.69. The summed E-state index contributed by atoms with van der Waals surface area (Å²) in [5, 5.41) is 13.7. The fourth-order valence-electron chi connectivity index (χ4n) is 2.01. The van der Waals surface area contributed by atoms with Crippen LogP contribution in [0.3, 0.4) is 0 Å². The second kappa shape index (κ2) is 6.89. The van der Waals surface area contributed by atoms with Gasteiger partial charge in [-0.15, -0.1) is 0 Å². The molecule has 1 rings (SSSR count). The standard InChI is InChI=1S/C15H19F3N2O3/c1-9-8-10(4-5-11(9)15(16,17)18)19-13(23)20-14(2,3)7-6-12(21)22/h4-5,8H,6-7H2,1-3H3,(H,21,22)(H2,19,20,23). The highest BCUT2D eigenvalue weighted by atomic mass is 19.4. The predicted molar refractivity (Wildman–Crippen MR) is 79.3 cm³/mol. The summed E-state index contributed by atoms with van der Waals surface area (Å²) < 4.78 is 38.0. The van der Waals surface area contributed by atoms with Crippen LogP contribution in [0.25, 0.3) is 0 Å². The first-order chi connectivity index (χ1) is 10.4. The number of aliphatic carboxylic acids is 1. The van der Waals surface area contributed by atoms with Crippen molar-refractivity contribution in [2.24, 2.45) is 0 Å². The lowest BCUT2D eigenvalue weighted by atomic mass is 9.99. The number of aryl methyl sites for hydroxylation is 1. The molecule has 0 aliphatic rings. The highest BCUT2D eigenvalue weighted by molar-refractivity contribution is 5.89. The lowest BCUT2D eigenvalue weighted by Crippen LogP contribution is -2.45. The van der Waals surface area contributed by atoms with E-state index in [0.717, 1.165) is 6.07 Å².